The van der Waals surface area contributed by atoms with Crippen LogP contribution in [0, 0.1) is 22.2 Å². The van der Waals surface area contributed by atoms with Crippen molar-refractivity contribution >= 4 is 25.5 Å². The summed E-state index contributed by atoms with van der Waals surface area (Å²) in [5, 5.41) is 19.5. The van der Waals surface area contributed by atoms with Crippen LogP contribution in [0.5, 0.6) is 0 Å². The van der Waals surface area contributed by atoms with E-state index in [0.717, 1.165) is 61.8 Å². The largest absolute Gasteiger partial charge is 0.480 e. The molecule has 2 aromatic rings. The molecule has 2 rings (SSSR count). The number of aromatic amines is 1. The van der Waals surface area contributed by atoms with Gasteiger partial charge < -0.3 is 39.2 Å². The first-order chi connectivity index (χ1) is 26.1. The highest BCUT2D eigenvalue weighted by atomic mass is 31.2. The zero-order valence-electron chi connectivity index (χ0n) is 36.9. The summed E-state index contributed by atoms with van der Waals surface area (Å²) in [6.07, 6.45) is 7.92. The Bertz CT molecular complexity index is 1460. The molecule has 2 aromatic heterocycles. The van der Waals surface area contributed by atoms with Crippen LogP contribution in [0.25, 0.3) is 11.0 Å². The Kier molecular flexibility index (Phi) is 20.9. The summed E-state index contributed by atoms with van der Waals surface area (Å²) in [5.74, 6) is -0.971. The van der Waals surface area contributed by atoms with Crippen LogP contribution in [0.2, 0.25) is 0 Å². The summed E-state index contributed by atoms with van der Waals surface area (Å²) < 4.78 is 27.3. The molecule has 0 aliphatic carbocycles. The number of fused-ring (bicyclic) bond motifs is 1. The van der Waals surface area contributed by atoms with E-state index in [1.54, 1.807) is 0 Å². The molecule has 0 bridgehead atoms. The van der Waals surface area contributed by atoms with Gasteiger partial charge in [-0.15, -0.1) is 0 Å². The number of hydrogen-bond acceptors (Lipinski definition) is 10. The zero-order chi connectivity index (χ0) is 42.2. The van der Waals surface area contributed by atoms with Crippen LogP contribution in [0.15, 0.2) is 24.4 Å². The van der Waals surface area contributed by atoms with Crippen molar-refractivity contribution in [2.75, 3.05) is 46.1 Å². The second-order valence-electron chi connectivity index (χ2n) is 18.7. The molecular weight excluding hydrogens is 727 g/mol. The van der Waals surface area contributed by atoms with Gasteiger partial charge in [0, 0.05) is 42.5 Å². The highest BCUT2D eigenvalue weighted by molar-refractivity contribution is 7.44. The van der Waals surface area contributed by atoms with Crippen molar-refractivity contribution in [3.63, 3.8) is 0 Å². The third kappa shape index (κ3) is 19.5. The smallest absolute Gasteiger partial charge is 0.320 e. The Balaban J connectivity index is 1.86. The molecule has 0 amide bonds. The number of carboxylic acids is 1. The predicted octanol–water partition coefficient (Wildman–Crippen LogP) is 9.10. The van der Waals surface area contributed by atoms with Gasteiger partial charge in [0.2, 0.25) is 0 Å². The zero-order valence-corrected chi connectivity index (χ0v) is 37.8. The van der Waals surface area contributed by atoms with E-state index in [9.17, 15) is 9.90 Å². The third-order valence-corrected chi connectivity index (χ3v) is 12.3. The normalized spacial score (nSPS) is 14.4. The van der Waals surface area contributed by atoms with Crippen LogP contribution in [-0.4, -0.2) is 106 Å². The lowest BCUT2D eigenvalue weighted by molar-refractivity contribution is -0.138. The third-order valence-electron chi connectivity index (χ3n) is 10.1. The fraction of sp³-hybridized carbons (Fsp3) is 0.791. The second kappa shape index (κ2) is 23.4. The molecule has 2 atom stereocenters. The minimum absolute atomic E-state index is 0.0470. The maximum Gasteiger partial charge on any atom is 0.320 e. The number of rotatable bonds is 30. The average molecular weight is 805 g/mol. The molecule has 0 radical (unpaired) electrons. The molecular formula is C43H77N6O6P. The van der Waals surface area contributed by atoms with E-state index in [1.165, 1.54) is 0 Å². The summed E-state index contributed by atoms with van der Waals surface area (Å²) in [6.45, 7) is 30.4. The number of carbonyl (C=O) groups is 1. The van der Waals surface area contributed by atoms with Crippen LogP contribution in [0.3, 0.4) is 0 Å². The van der Waals surface area contributed by atoms with E-state index in [4.69, 9.17) is 34.5 Å². The number of nitriles is 1. The first-order valence-corrected chi connectivity index (χ1v) is 21.8. The van der Waals surface area contributed by atoms with E-state index in [0.29, 0.717) is 52.4 Å². The number of aliphatic carboxylic acids is 1. The van der Waals surface area contributed by atoms with Crippen molar-refractivity contribution < 1.29 is 28.4 Å². The van der Waals surface area contributed by atoms with Crippen molar-refractivity contribution in [2.24, 2.45) is 16.6 Å². The molecule has 12 nitrogen and oxygen atoms in total. The van der Waals surface area contributed by atoms with Crippen LogP contribution >= 0.6 is 8.53 Å². The van der Waals surface area contributed by atoms with Gasteiger partial charge in [-0.1, -0.05) is 27.7 Å². The second-order valence-corrected chi connectivity index (χ2v) is 20.1. The van der Waals surface area contributed by atoms with E-state index in [2.05, 4.69) is 116 Å². The number of aromatic nitrogens is 2. The number of nitrogens with one attached hydrogen (secondary N) is 1. The molecule has 2 heterocycles. The molecule has 13 heteroatoms. The number of H-pyrrole nitrogens is 1. The van der Waals surface area contributed by atoms with Gasteiger partial charge in [0.25, 0.3) is 8.53 Å². The Morgan fingerprint density at radius 1 is 0.875 bits per heavy atom. The highest BCUT2D eigenvalue weighted by Crippen LogP contribution is 2.46. The highest BCUT2D eigenvalue weighted by Gasteiger charge is 2.31. The standard InChI is InChI=1S/C43H77N6O6P/c1-33(2)49(34(3)4)56(55-28-14-22-44)54-27-13-19-42(9,10)52-29-21-43(11,12)53-30-26-48(24-18-37(45)39(50)51)25-20-40(5,6)32-41(7,8)31-36-16-15-35-17-23-46-38(35)47-36/h15-17,23,33-34,37H,13-14,18-21,24-32,45H2,1-12H3,(H,46,47)(H,50,51). The topological polar surface area (TPSA) is 159 Å². The molecule has 0 saturated heterocycles. The van der Waals surface area contributed by atoms with Gasteiger partial charge in [-0.05, 0) is 136 Å². The van der Waals surface area contributed by atoms with Gasteiger partial charge in [0.1, 0.15) is 11.7 Å². The SMILES string of the molecule is CC(C)N(C(C)C)P(OCCC#N)OCCCC(C)(C)OCCC(C)(C)OCCN(CCC(N)C(=O)O)CCC(C)(C)CC(C)(C)Cc1ccc2cc[nH]c2n1. The first kappa shape index (κ1) is 49.9. The lowest BCUT2D eigenvalue weighted by atomic mass is 9.71. The van der Waals surface area contributed by atoms with Gasteiger partial charge in [-0.25, -0.2) is 9.65 Å². The van der Waals surface area contributed by atoms with Crippen LogP contribution in [-0.2, 0) is 29.7 Å². The summed E-state index contributed by atoms with van der Waals surface area (Å²) in [5.41, 5.74) is 7.33. The van der Waals surface area contributed by atoms with Gasteiger partial charge >= 0.3 is 5.97 Å². The average Bonchev–Trinajstić information content (AvgIpc) is 3.54. The number of pyridine rings is 1. The molecule has 56 heavy (non-hydrogen) atoms. The van der Waals surface area contributed by atoms with Crippen LogP contribution in [0.1, 0.15) is 134 Å². The summed E-state index contributed by atoms with van der Waals surface area (Å²) in [7, 11) is -1.25. The minimum atomic E-state index is -1.25. The van der Waals surface area contributed by atoms with Crippen LogP contribution in [0.4, 0.5) is 0 Å². The molecule has 0 spiro atoms. The number of nitrogens with two attached hydrogens (primary N) is 1. The fourth-order valence-corrected chi connectivity index (χ4v) is 9.00. The molecule has 0 aliphatic rings. The maximum absolute atomic E-state index is 11.5. The van der Waals surface area contributed by atoms with Gasteiger partial charge in [-0.2, -0.15) is 5.26 Å². The first-order valence-electron chi connectivity index (χ1n) is 20.7. The maximum atomic E-state index is 11.5. The monoisotopic (exact) mass is 805 g/mol. The number of ether oxygens (including phenoxy) is 2. The quantitative estimate of drug-likeness (QED) is 0.0511. The predicted molar refractivity (Wildman–Crippen MR) is 228 cm³/mol. The van der Waals surface area contributed by atoms with Gasteiger partial charge in [0.15, 0.2) is 0 Å². The Labute approximate surface area is 340 Å². The van der Waals surface area contributed by atoms with Crippen molar-refractivity contribution in [2.45, 2.75) is 164 Å². The fourth-order valence-electron chi connectivity index (χ4n) is 7.37. The van der Waals surface area contributed by atoms with E-state index >= 15 is 0 Å². The Hall–Kier alpha value is -2.20. The van der Waals surface area contributed by atoms with Gasteiger partial charge in [0.05, 0.1) is 50.1 Å². The molecule has 0 saturated carbocycles. The molecule has 4 N–H and O–H groups in total. The van der Waals surface area contributed by atoms with E-state index in [1.807, 2.05) is 12.3 Å². The molecule has 320 valence electrons. The molecule has 0 fully saturated rings. The number of nitrogens with zero attached hydrogens (tertiary/aromatic N) is 4. The summed E-state index contributed by atoms with van der Waals surface area (Å²) >= 11 is 0. The lowest BCUT2D eigenvalue weighted by Crippen LogP contribution is -2.39. The molecule has 0 aliphatic heterocycles. The van der Waals surface area contributed by atoms with Crippen molar-refractivity contribution in [3.05, 3.63) is 30.1 Å². The van der Waals surface area contributed by atoms with E-state index < -0.39 is 26.1 Å². The lowest BCUT2D eigenvalue weighted by Gasteiger charge is -2.37. The van der Waals surface area contributed by atoms with Gasteiger partial charge in [-0.3, -0.25) is 4.79 Å². The van der Waals surface area contributed by atoms with Crippen molar-refractivity contribution in [1.29, 1.82) is 5.26 Å². The summed E-state index contributed by atoms with van der Waals surface area (Å²) in [6, 6.07) is 8.10. The minimum Gasteiger partial charge on any atom is -0.480 e. The van der Waals surface area contributed by atoms with E-state index in [-0.39, 0.29) is 28.5 Å². The molecule has 0 aromatic carbocycles. The van der Waals surface area contributed by atoms with Crippen molar-refractivity contribution in [1.82, 2.24) is 19.5 Å². The molecule has 2 unspecified atom stereocenters. The Morgan fingerprint density at radius 3 is 2.16 bits per heavy atom. The van der Waals surface area contributed by atoms with Crippen molar-refractivity contribution in [3.8, 4) is 6.07 Å². The number of hydrogen-bond donors (Lipinski definition) is 3. The van der Waals surface area contributed by atoms with Crippen LogP contribution < -0.4 is 5.73 Å². The Morgan fingerprint density at radius 2 is 1.52 bits per heavy atom. The summed E-state index contributed by atoms with van der Waals surface area (Å²) in [4.78, 5) is 21.9. The number of carboxylic acid groups (broad SMARTS) is 1.